The first-order valence-corrected chi connectivity index (χ1v) is 13.3. The van der Waals surface area contributed by atoms with Crippen LogP contribution in [0.2, 0.25) is 0 Å². The number of benzene rings is 1. The Morgan fingerprint density at radius 2 is 1.52 bits per heavy atom. The van der Waals surface area contributed by atoms with Crippen LogP contribution in [0, 0.1) is 5.92 Å². The van der Waals surface area contributed by atoms with Crippen LogP contribution in [0.4, 0.5) is 0 Å². The summed E-state index contributed by atoms with van der Waals surface area (Å²) in [5.41, 5.74) is 0.953. The minimum atomic E-state index is -1.01. The van der Waals surface area contributed by atoms with Crippen LogP contribution in [0.15, 0.2) is 30.3 Å². The zero-order valence-corrected chi connectivity index (χ0v) is 22.5. The molecule has 1 saturated heterocycles. The summed E-state index contributed by atoms with van der Waals surface area (Å²) in [6.07, 6.45) is 0.270. The van der Waals surface area contributed by atoms with E-state index in [0.717, 1.165) is 5.56 Å². The molecule has 1 aromatic rings. The van der Waals surface area contributed by atoms with Crippen LogP contribution in [-0.2, 0) is 25.4 Å². The molecule has 2 radical (unpaired) electrons. The number of esters is 1. The molecule has 6 nitrogen and oxygen atoms in total. The lowest BCUT2D eigenvalue weighted by Gasteiger charge is -2.45. The van der Waals surface area contributed by atoms with Crippen LogP contribution in [0.1, 0.15) is 67.4 Å². The van der Waals surface area contributed by atoms with Crippen molar-refractivity contribution >= 4 is 22.3 Å². The molecule has 1 aliphatic heterocycles. The van der Waals surface area contributed by atoms with Gasteiger partial charge < -0.3 is 14.0 Å². The number of nitrogens with zero attached hydrogens (tertiary/aromatic N) is 2. The van der Waals surface area contributed by atoms with Gasteiger partial charge in [0.2, 0.25) is 0 Å². The van der Waals surface area contributed by atoms with Crippen molar-refractivity contribution in [3.8, 4) is 0 Å². The molecule has 2 unspecified atom stereocenters. The van der Waals surface area contributed by atoms with E-state index in [1.165, 1.54) is 0 Å². The molecule has 184 valence electrons. The second kappa shape index (κ2) is 13.2. The van der Waals surface area contributed by atoms with E-state index < -0.39 is 20.4 Å². The lowest BCUT2D eigenvalue weighted by Crippen LogP contribution is -2.43. The Morgan fingerprint density at radius 1 is 1.00 bits per heavy atom. The maximum atomic E-state index is 12.7. The molecular weight excluding hydrogens is 434 g/mol. The standard InChI is InChI=1S/C25H42BN2O4P/c1-17(2)27(18(3)4)33(28(19(5)6)20(7)8)31-16-22-14-23(24(26)32-22)25(29)30-15-21-12-10-9-11-13-21/h9-13,17-20,22-24H,14-16H2,1-8H3/t22?,23?,24-/m1/s1. The van der Waals surface area contributed by atoms with Crippen molar-refractivity contribution in [2.24, 2.45) is 5.92 Å². The third-order valence-electron chi connectivity index (χ3n) is 5.68. The van der Waals surface area contributed by atoms with E-state index in [1.54, 1.807) is 0 Å². The van der Waals surface area contributed by atoms with Crippen LogP contribution >= 0.6 is 8.45 Å². The maximum absolute atomic E-state index is 12.7. The topological polar surface area (TPSA) is 51.2 Å². The molecule has 2 rings (SSSR count). The molecule has 0 aromatic heterocycles. The summed E-state index contributed by atoms with van der Waals surface area (Å²) in [7, 11) is 5.15. The van der Waals surface area contributed by atoms with E-state index in [0.29, 0.717) is 37.2 Å². The Morgan fingerprint density at radius 3 is 2.00 bits per heavy atom. The normalized spacial score (nSPS) is 21.5. The molecule has 33 heavy (non-hydrogen) atoms. The number of rotatable bonds is 12. The molecule has 0 spiro atoms. The molecular formula is C25H42BN2O4P. The second-order valence-electron chi connectivity index (χ2n) is 9.84. The third-order valence-corrected chi connectivity index (χ3v) is 8.69. The van der Waals surface area contributed by atoms with Crippen molar-refractivity contribution in [3.05, 3.63) is 35.9 Å². The van der Waals surface area contributed by atoms with Crippen LogP contribution < -0.4 is 0 Å². The van der Waals surface area contributed by atoms with Crippen LogP contribution in [0.5, 0.6) is 0 Å². The highest BCUT2D eigenvalue weighted by Gasteiger charge is 2.40. The van der Waals surface area contributed by atoms with E-state index in [1.807, 2.05) is 30.3 Å². The fourth-order valence-electron chi connectivity index (χ4n) is 4.35. The number of carbonyl (C=O) groups is 1. The summed E-state index contributed by atoms with van der Waals surface area (Å²) in [5, 5.41) is 0. The SMILES string of the molecule is [B][C@@H]1OC(COP(N(C(C)C)C(C)C)N(C(C)C)C(C)C)CC1C(=O)OCc1ccccc1. The highest BCUT2D eigenvalue weighted by atomic mass is 31.2. The summed E-state index contributed by atoms with van der Waals surface area (Å²) in [5.74, 6) is -0.792. The van der Waals surface area contributed by atoms with Gasteiger partial charge in [0.15, 0.2) is 8.45 Å². The summed E-state index contributed by atoms with van der Waals surface area (Å²) in [6, 6.07) is 10.3. The molecule has 0 N–H and O–H groups in total. The van der Waals surface area contributed by atoms with Gasteiger partial charge in [0.1, 0.15) is 14.5 Å². The molecule has 0 amide bonds. The Kier molecular flexibility index (Phi) is 11.3. The number of hydrogen-bond acceptors (Lipinski definition) is 6. The molecule has 1 aromatic carbocycles. The van der Waals surface area contributed by atoms with Gasteiger partial charge in [0.25, 0.3) is 0 Å². The first-order valence-electron chi connectivity index (χ1n) is 12.1. The van der Waals surface area contributed by atoms with Gasteiger partial charge in [-0.25, -0.2) is 9.34 Å². The largest absolute Gasteiger partial charge is 0.461 e. The monoisotopic (exact) mass is 476 g/mol. The lowest BCUT2D eigenvalue weighted by atomic mass is 9.86. The van der Waals surface area contributed by atoms with E-state index in [2.05, 4.69) is 64.7 Å². The Bertz CT molecular complexity index is 684. The molecule has 0 aliphatic carbocycles. The summed E-state index contributed by atoms with van der Waals surface area (Å²) < 4.78 is 22.9. The molecule has 8 heteroatoms. The minimum Gasteiger partial charge on any atom is -0.461 e. The summed E-state index contributed by atoms with van der Waals surface area (Å²) >= 11 is 0. The number of ether oxygens (including phenoxy) is 2. The number of hydrogen-bond donors (Lipinski definition) is 0. The van der Waals surface area contributed by atoms with E-state index in [-0.39, 0.29) is 18.7 Å². The van der Waals surface area contributed by atoms with Crippen molar-refractivity contribution < 1.29 is 18.8 Å². The van der Waals surface area contributed by atoms with Crippen molar-refractivity contribution in [2.45, 2.75) is 105 Å². The van der Waals surface area contributed by atoms with Gasteiger partial charge in [-0.3, -0.25) is 4.79 Å². The van der Waals surface area contributed by atoms with E-state index in [9.17, 15) is 4.79 Å². The average molecular weight is 476 g/mol. The highest BCUT2D eigenvalue weighted by molar-refractivity contribution is 7.47. The Labute approximate surface area is 203 Å². The molecule has 1 fully saturated rings. The predicted octanol–water partition coefficient (Wildman–Crippen LogP) is 5.11. The second-order valence-corrected chi connectivity index (χ2v) is 11.5. The van der Waals surface area contributed by atoms with Crippen LogP contribution in [-0.4, -0.2) is 66.0 Å². The van der Waals surface area contributed by atoms with Crippen molar-refractivity contribution in [1.29, 1.82) is 0 Å². The average Bonchev–Trinajstić information content (AvgIpc) is 3.10. The van der Waals surface area contributed by atoms with Gasteiger partial charge in [-0.2, -0.15) is 0 Å². The summed E-state index contributed by atoms with van der Waals surface area (Å²) in [6.45, 7) is 18.3. The lowest BCUT2D eigenvalue weighted by molar-refractivity contribution is -0.150. The van der Waals surface area contributed by atoms with Gasteiger partial charge >= 0.3 is 5.97 Å². The van der Waals surface area contributed by atoms with Crippen molar-refractivity contribution in [1.82, 2.24) is 9.34 Å². The molecule has 1 aliphatic rings. The fourth-order valence-corrected chi connectivity index (χ4v) is 6.73. The van der Waals surface area contributed by atoms with Gasteiger partial charge in [-0.05, 0) is 67.4 Å². The smallest absolute Gasteiger partial charge is 0.311 e. The maximum Gasteiger partial charge on any atom is 0.311 e. The third kappa shape index (κ3) is 8.04. The highest BCUT2D eigenvalue weighted by Crippen LogP contribution is 2.51. The van der Waals surface area contributed by atoms with Gasteiger partial charge in [-0.15, -0.1) is 0 Å². The predicted molar refractivity (Wildman–Crippen MR) is 136 cm³/mol. The Hall–Kier alpha value is -0.975. The van der Waals surface area contributed by atoms with Crippen LogP contribution in [0.25, 0.3) is 0 Å². The Balaban J connectivity index is 2.02. The first kappa shape index (κ1) is 28.3. The zero-order chi connectivity index (χ0) is 24.7. The van der Waals surface area contributed by atoms with E-state index in [4.69, 9.17) is 21.8 Å². The van der Waals surface area contributed by atoms with E-state index >= 15 is 0 Å². The molecule has 1 heterocycles. The quantitative estimate of drug-likeness (QED) is 0.237. The fraction of sp³-hybridized carbons (Fsp3) is 0.720. The molecule has 3 atom stereocenters. The van der Waals surface area contributed by atoms with Crippen molar-refractivity contribution in [3.63, 3.8) is 0 Å². The minimum absolute atomic E-state index is 0.235. The van der Waals surface area contributed by atoms with Crippen molar-refractivity contribution in [2.75, 3.05) is 6.61 Å². The zero-order valence-electron chi connectivity index (χ0n) is 21.6. The first-order chi connectivity index (χ1) is 15.5. The number of carbonyl (C=O) groups excluding carboxylic acids is 1. The van der Waals surface area contributed by atoms with Crippen LogP contribution in [0.3, 0.4) is 0 Å². The van der Waals surface area contributed by atoms with Gasteiger partial charge in [0, 0.05) is 30.2 Å². The van der Waals surface area contributed by atoms with Gasteiger partial charge in [-0.1, -0.05) is 30.3 Å². The molecule has 0 bridgehead atoms. The molecule has 0 saturated carbocycles. The summed E-state index contributed by atoms with van der Waals surface area (Å²) in [4.78, 5) is 12.7. The van der Waals surface area contributed by atoms with Gasteiger partial charge in [0.05, 0.1) is 18.6 Å².